The van der Waals surface area contributed by atoms with E-state index in [9.17, 15) is 25.6 Å². The summed E-state index contributed by atoms with van der Waals surface area (Å²) in [6, 6.07) is 23.0. The molecule has 0 amide bonds. The molecule has 0 radical (unpaired) electrons. The molecule has 9 nitrogen and oxygen atoms in total. The third-order valence-electron chi connectivity index (χ3n) is 5.98. The molecule has 13 heteroatoms. The first-order valence-electron chi connectivity index (χ1n) is 13.3. The van der Waals surface area contributed by atoms with Gasteiger partial charge in [-0.1, -0.05) is 66.7 Å². The summed E-state index contributed by atoms with van der Waals surface area (Å²) in [5, 5.41) is 0. The van der Waals surface area contributed by atoms with Crippen LogP contribution in [-0.2, 0) is 25.0 Å². The Bertz CT molecular complexity index is 1370. The minimum atomic E-state index is -3.67. The van der Waals surface area contributed by atoms with Gasteiger partial charge >= 0.3 is 0 Å². The Morgan fingerprint density at radius 2 is 1.16 bits per heavy atom. The minimum Gasteiger partial charge on any atom is -0.367 e. The first-order chi connectivity index (χ1) is 20.2. The van der Waals surface area contributed by atoms with Crippen molar-refractivity contribution in [2.45, 2.75) is 6.10 Å². The third kappa shape index (κ3) is 17.6. The van der Waals surface area contributed by atoms with Gasteiger partial charge in [-0.2, -0.15) is 16.8 Å². The third-order valence-corrected chi connectivity index (χ3v) is 5.98. The zero-order chi connectivity index (χ0) is 31.9. The van der Waals surface area contributed by atoms with Gasteiger partial charge in [-0.25, -0.2) is 8.78 Å². The fourth-order valence-electron chi connectivity index (χ4n) is 4.06. The number of nitrogens with zero attached hydrogens (tertiary/aromatic N) is 2. The van der Waals surface area contributed by atoms with Crippen molar-refractivity contribution in [2.75, 3.05) is 58.4 Å². The van der Waals surface area contributed by atoms with E-state index in [1.54, 1.807) is 24.3 Å². The van der Waals surface area contributed by atoms with Gasteiger partial charge in [0.25, 0.3) is 20.2 Å². The molecule has 0 aliphatic carbocycles. The van der Waals surface area contributed by atoms with E-state index in [0.717, 1.165) is 50.4 Å². The van der Waals surface area contributed by atoms with Crippen LogP contribution in [0.4, 0.5) is 8.78 Å². The summed E-state index contributed by atoms with van der Waals surface area (Å²) >= 11 is 0. The highest BCUT2D eigenvalue weighted by Gasteiger charge is 2.18. The van der Waals surface area contributed by atoms with Crippen LogP contribution in [0, 0.1) is 11.6 Å². The second-order valence-electron chi connectivity index (χ2n) is 9.78. The Morgan fingerprint density at radius 1 is 0.744 bits per heavy atom. The maximum atomic E-state index is 13.4. The van der Waals surface area contributed by atoms with Crippen LogP contribution in [0.2, 0.25) is 0 Å². The average molecular weight is 641 g/mol. The molecule has 236 valence electrons. The number of piperazine rings is 1. The molecule has 0 atom stereocenters. The molecule has 3 aromatic carbocycles. The van der Waals surface area contributed by atoms with Gasteiger partial charge in [-0.15, -0.1) is 0 Å². The van der Waals surface area contributed by atoms with Crippen molar-refractivity contribution in [2.24, 2.45) is 0 Å². The van der Waals surface area contributed by atoms with Crippen molar-refractivity contribution in [3.8, 4) is 0 Å². The van der Waals surface area contributed by atoms with E-state index in [1.807, 2.05) is 6.07 Å². The topological polar surface area (TPSA) is 124 Å². The highest BCUT2D eigenvalue weighted by Crippen LogP contribution is 2.26. The molecule has 1 saturated heterocycles. The minimum absolute atomic E-state index is 0.284. The molecule has 0 unspecified atom stereocenters. The first kappa shape index (κ1) is 36.2. The van der Waals surface area contributed by atoms with Crippen LogP contribution >= 0.6 is 0 Å². The summed E-state index contributed by atoms with van der Waals surface area (Å²) in [4.78, 5) is 4.86. The molecule has 0 saturated carbocycles. The lowest BCUT2D eigenvalue weighted by atomic mass is 10.0. The van der Waals surface area contributed by atoms with Crippen LogP contribution in [0.5, 0.6) is 0 Å². The van der Waals surface area contributed by atoms with Crippen molar-refractivity contribution in [3.05, 3.63) is 113 Å². The van der Waals surface area contributed by atoms with Crippen LogP contribution in [0.1, 0.15) is 22.8 Å². The fraction of sp³-hybridized carbons (Fsp3) is 0.333. The Hall–Kier alpha value is -3.04. The Kier molecular flexibility index (Phi) is 15.1. The monoisotopic (exact) mass is 640 g/mol. The zero-order valence-corrected chi connectivity index (χ0v) is 25.7. The summed E-state index contributed by atoms with van der Waals surface area (Å²) in [7, 11) is -7.33. The number of benzene rings is 3. The lowest BCUT2D eigenvalue weighted by Gasteiger charge is -2.34. The predicted octanol–water partition coefficient (Wildman–Crippen LogP) is 4.41. The van der Waals surface area contributed by atoms with Crippen molar-refractivity contribution in [1.29, 1.82) is 0 Å². The molecule has 0 bridgehead atoms. The van der Waals surface area contributed by atoms with Crippen LogP contribution in [0.3, 0.4) is 0 Å². The summed E-state index contributed by atoms with van der Waals surface area (Å²) in [6.45, 7) is 6.38. The van der Waals surface area contributed by atoms with Crippen molar-refractivity contribution in [1.82, 2.24) is 9.80 Å². The van der Waals surface area contributed by atoms with Gasteiger partial charge < -0.3 is 4.74 Å². The Labute approximate surface area is 252 Å². The summed E-state index contributed by atoms with van der Waals surface area (Å²) in [5.74, 6) is -0.568. The van der Waals surface area contributed by atoms with Crippen molar-refractivity contribution < 1.29 is 39.5 Å². The molecule has 4 rings (SSSR count). The highest BCUT2D eigenvalue weighted by molar-refractivity contribution is 7.85. The van der Waals surface area contributed by atoms with E-state index < -0.39 is 20.2 Å². The normalized spacial score (nSPS) is 14.6. The molecule has 0 spiro atoms. The molecule has 1 aliphatic rings. The molecule has 1 fully saturated rings. The SMILES string of the molecule is CS(=O)(=O)O.CS(=O)(=O)O.Fc1ccc(C(OCCN2CCN(C/C=C/c3ccccc3)CC2)c2ccc(F)cc2)cc1. The van der Waals surface area contributed by atoms with E-state index in [2.05, 4.69) is 46.2 Å². The van der Waals surface area contributed by atoms with Gasteiger partial charge in [0.2, 0.25) is 0 Å². The summed E-state index contributed by atoms with van der Waals surface area (Å²) in [5.41, 5.74) is 2.95. The summed E-state index contributed by atoms with van der Waals surface area (Å²) in [6.07, 6.45) is 5.48. The van der Waals surface area contributed by atoms with Gasteiger partial charge in [-0.05, 0) is 41.0 Å². The van der Waals surface area contributed by atoms with Crippen LogP contribution in [0.15, 0.2) is 84.9 Å². The van der Waals surface area contributed by atoms with E-state index in [0.29, 0.717) is 19.1 Å². The molecular formula is C30H38F2N2O7S2. The van der Waals surface area contributed by atoms with Crippen molar-refractivity contribution >= 4 is 26.3 Å². The maximum Gasteiger partial charge on any atom is 0.261 e. The highest BCUT2D eigenvalue weighted by atomic mass is 32.2. The lowest BCUT2D eigenvalue weighted by Crippen LogP contribution is -2.47. The van der Waals surface area contributed by atoms with Gasteiger partial charge in [0.1, 0.15) is 17.7 Å². The smallest absolute Gasteiger partial charge is 0.261 e. The number of hydrogen-bond acceptors (Lipinski definition) is 7. The second-order valence-corrected chi connectivity index (χ2v) is 12.7. The largest absolute Gasteiger partial charge is 0.367 e. The predicted molar refractivity (Wildman–Crippen MR) is 164 cm³/mol. The van der Waals surface area contributed by atoms with Gasteiger partial charge in [-0.3, -0.25) is 18.9 Å². The standard InChI is InChI=1S/C28H30F2N2O.2CH4O3S/c29-26-12-8-24(9-13-26)28(25-10-14-27(30)15-11-25)33-22-21-32-19-17-31(18-20-32)16-4-7-23-5-2-1-3-6-23;2*1-5(2,3)4/h1-15,28H,16-22H2;2*1H3,(H,2,3,4)/b7-4+;;. The Balaban J connectivity index is 0.000000559. The fourth-order valence-corrected chi connectivity index (χ4v) is 4.06. The zero-order valence-electron chi connectivity index (χ0n) is 24.1. The molecule has 0 aromatic heterocycles. The van der Waals surface area contributed by atoms with Gasteiger partial charge in [0, 0.05) is 39.3 Å². The van der Waals surface area contributed by atoms with E-state index in [1.165, 1.54) is 29.8 Å². The maximum absolute atomic E-state index is 13.4. The first-order valence-corrected chi connectivity index (χ1v) is 17.0. The van der Waals surface area contributed by atoms with Crippen molar-refractivity contribution in [3.63, 3.8) is 0 Å². The van der Waals surface area contributed by atoms with E-state index >= 15 is 0 Å². The molecule has 1 aliphatic heterocycles. The molecule has 1 heterocycles. The van der Waals surface area contributed by atoms with E-state index in [4.69, 9.17) is 13.8 Å². The van der Waals surface area contributed by atoms with Crippen LogP contribution in [-0.4, -0.2) is 94.1 Å². The molecule has 2 N–H and O–H groups in total. The molecular weight excluding hydrogens is 602 g/mol. The quantitative estimate of drug-likeness (QED) is 0.328. The Morgan fingerprint density at radius 3 is 1.60 bits per heavy atom. The van der Waals surface area contributed by atoms with Gasteiger partial charge in [0.05, 0.1) is 19.1 Å². The second kappa shape index (κ2) is 17.9. The number of ether oxygens (including phenoxy) is 1. The van der Waals surface area contributed by atoms with Crippen LogP contribution in [0.25, 0.3) is 6.08 Å². The van der Waals surface area contributed by atoms with Crippen LogP contribution < -0.4 is 0 Å². The van der Waals surface area contributed by atoms with Gasteiger partial charge in [0.15, 0.2) is 0 Å². The molecule has 43 heavy (non-hydrogen) atoms. The van der Waals surface area contributed by atoms with E-state index in [-0.39, 0.29) is 17.7 Å². The average Bonchev–Trinajstić information content (AvgIpc) is 2.92. The number of hydrogen-bond donors (Lipinski definition) is 2. The molecule has 3 aromatic rings. The number of rotatable bonds is 9. The lowest BCUT2D eigenvalue weighted by molar-refractivity contribution is 0.0467. The number of halogens is 2. The summed E-state index contributed by atoms with van der Waals surface area (Å²) < 4.78 is 84.7.